The first-order valence-corrected chi connectivity index (χ1v) is 11.1. The van der Waals surface area contributed by atoms with E-state index in [2.05, 4.69) is 20.4 Å². The number of nitrogens with zero attached hydrogens (tertiary/aromatic N) is 3. The molecule has 0 bridgehead atoms. The summed E-state index contributed by atoms with van der Waals surface area (Å²) in [4.78, 5) is 21.4. The highest BCUT2D eigenvalue weighted by atomic mass is 19.4. The molecule has 1 aliphatic rings. The molecule has 3 heterocycles. The molecule has 1 aliphatic carbocycles. The fourth-order valence-electron chi connectivity index (χ4n) is 3.70. The standard InChI is InChI=1S/C25H25F3N4O4/c1-24(2,25(26,27)28)21-11-23(36-32-21)31-22(33)7-14-5-6-17(29-12-14)16-8-15-9-19(34-3)20(35-4)10-18(15)30-13-16/h5-6,8-9,11-13,20H,7,10H2,1-4H3,(H,31,33). The van der Waals surface area contributed by atoms with E-state index in [1.807, 2.05) is 12.1 Å². The molecule has 3 aromatic heterocycles. The third kappa shape index (κ3) is 5.11. The Balaban J connectivity index is 1.42. The van der Waals surface area contributed by atoms with Gasteiger partial charge in [-0.2, -0.15) is 13.2 Å². The van der Waals surface area contributed by atoms with E-state index in [0.29, 0.717) is 17.7 Å². The molecule has 1 atom stereocenters. The van der Waals surface area contributed by atoms with Crippen LogP contribution in [0.4, 0.5) is 19.1 Å². The summed E-state index contributed by atoms with van der Waals surface area (Å²) in [5.41, 5.74) is 1.37. The molecule has 0 radical (unpaired) electrons. The number of ether oxygens (including phenoxy) is 2. The van der Waals surface area contributed by atoms with Gasteiger partial charge in [0.1, 0.15) is 23.0 Å². The smallest absolute Gasteiger partial charge is 0.399 e. The number of nitrogens with one attached hydrogen (secondary N) is 1. The van der Waals surface area contributed by atoms with Crippen molar-refractivity contribution < 1.29 is 32.0 Å². The Bertz CT molecular complexity index is 1280. The van der Waals surface area contributed by atoms with Crippen LogP contribution in [-0.4, -0.2) is 47.5 Å². The van der Waals surface area contributed by atoms with E-state index in [0.717, 1.165) is 42.5 Å². The quantitative estimate of drug-likeness (QED) is 0.500. The number of fused-ring (bicyclic) bond motifs is 1. The number of carbonyl (C=O) groups is 1. The van der Waals surface area contributed by atoms with Crippen molar-refractivity contribution in [1.29, 1.82) is 0 Å². The van der Waals surface area contributed by atoms with Crippen LogP contribution in [0.1, 0.15) is 36.4 Å². The van der Waals surface area contributed by atoms with Gasteiger partial charge in [0.05, 0.1) is 24.9 Å². The Hall–Kier alpha value is -3.73. The zero-order chi connectivity index (χ0) is 26.1. The number of anilines is 1. The van der Waals surface area contributed by atoms with E-state index >= 15 is 0 Å². The maximum Gasteiger partial charge on any atom is 0.399 e. The van der Waals surface area contributed by atoms with Crippen LogP contribution < -0.4 is 5.32 Å². The first-order valence-electron chi connectivity index (χ1n) is 11.1. The highest BCUT2D eigenvalue weighted by molar-refractivity contribution is 5.91. The number of rotatable bonds is 7. The van der Waals surface area contributed by atoms with Crippen molar-refractivity contribution in [3.8, 4) is 11.3 Å². The van der Waals surface area contributed by atoms with Gasteiger partial charge >= 0.3 is 6.18 Å². The van der Waals surface area contributed by atoms with Crippen molar-refractivity contribution >= 4 is 17.9 Å². The van der Waals surface area contributed by atoms with Gasteiger partial charge in [-0.1, -0.05) is 11.2 Å². The third-order valence-corrected chi connectivity index (χ3v) is 6.12. The topological polar surface area (TPSA) is 99.4 Å². The molecule has 1 amide bonds. The van der Waals surface area contributed by atoms with Gasteiger partial charge in [0.25, 0.3) is 0 Å². The Kier molecular flexibility index (Phi) is 6.85. The molecule has 0 aromatic carbocycles. The van der Waals surface area contributed by atoms with Crippen molar-refractivity contribution in [2.75, 3.05) is 19.5 Å². The zero-order valence-corrected chi connectivity index (χ0v) is 20.1. The normalized spacial score (nSPS) is 15.8. The second kappa shape index (κ2) is 9.73. The molecule has 1 unspecified atom stereocenters. The van der Waals surface area contributed by atoms with Crippen LogP contribution >= 0.6 is 0 Å². The predicted molar refractivity (Wildman–Crippen MR) is 125 cm³/mol. The maximum absolute atomic E-state index is 13.2. The van der Waals surface area contributed by atoms with E-state index in [-0.39, 0.29) is 24.1 Å². The van der Waals surface area contributed by atoms with Crippen LogP contribution in [0.2, 0.25) is 0 Å². The van der Waals surface area contributed by atoms with Gasteiger partial charge in [0, 0.05) is 43.1 Å². The van der Waals surface area contributed by atoms with E-state index < -0.39 is 17.5 Å². The van der Waals surface area contributed by atoms with Crippen LogP contribution in [-0.2, 0) is 32.5 Å². The number of hydrogen-bond acceptors (Lipinski definition) is 7. The summed E-state index contributed by atoms with van der Waals surface area (Å²) in [6.07, 6.45) is 1.05. The van der Waals surface area contributed by atoms with Gasteiger partial charge < -0.3 is 14.0 Å². The van der Waals surface area contributed by atoms with E-state index in [1.165, 1.54) is 0 Å². The summed E-state index contributed by atoms with van der Waals surface area (Å²) in [7, 11) is 3.22. The summed E-state index contributed by atoms with van der Waals surface area (Å²) < 4.78 is 55.3. The van der Waals surface area contributed by atoms with Gasteiger partial charge in [0.15, 0.2) is 0 Å². The number of amides is 1. The molecule has 36 heavy (non-hydrogen) atoms. The lowest BCUT2D eigenvalue weighted by molar-refractivity contribution is -0.181. The Labute approximate surface area is 205 Å². The highest BCUT2D eigenvalue weighted by Crippen LogP contribution is 2.40. The van der Waals surface area contributed by atoms with Crippen molar-refractivity contribution in [3.05, 3.63) is 64.9 Å². The lowest BCUT2D eigenvalue weighted by Gasteiger charge is -2.24. The predicted octanol–water partition coefficient (Wildman–Crippen LogP) is 4.71. The SMILES string of the molecule is COC1=Cc2cc(-c3ccc(CC(=O)Nc4cc(C(C)(C)C(F)(F)F)no4)cn3)cnc2CC1OC. The lowest BCUT2D eigenvalue weighted by atomic mass is 9.89. The van der Waals surface area contributed by atoms with Gasteiger partial charge in [0.2, 0.25) is 11.8 Å². The van der Waals surface area contributed by atoms with Gasteiger partial charge in [-0.05, 0) is 37.6 Å². The van der Waals surface area contributed by atoms with Crippen molar-refractivity contribution in [1.82, 2.24) is 15.1 Å². The fraction of sp³-hybridized carbons (Fsp3) is 0.360. The monoisotopic (exact) mass is 502 g/mol. The molecule has 8 nitrogen and oxygen atoms in total. The minimum Gasteiger partial charge on any atom is -0.498 e. The summed E-state index contributed by atoms with van der Waals surface area (Å²) in [6.45, 7) is 1.98. The minimum absolute atomic E-state index is 0.0489. The van der Waals surface area contributed by atoms with Crippen LogP contribution in [0.25, 0.3) is 17.3 Å². The van der Waals surface area contributed by atoms with Crippen LogP contribution in [0.15, 0.2) is 46.9 Å². The molecule has 0 saturated carbocycles. The zero-order valence-electron chi connectivity index (χ0n) is 20.1. The van der Waals surface area contributed by atoms with Crippen molar-refractivity contribution in [2.24, 2.45) is 0 Å². The average Bonchev–Trinajstić information content (AvgIpc) is 3.31. The van der Waals surface area contributed by atoms with E-state index in [1.54, 1.807) is 38.7 Å². The Morgan fingerprint density at radius 1 is 1.17 bits per heavy atom. The van der Waals surface area contributed by atoms with E-state index in [9.17, 15) is 18.0 Å². The van der Waals surface area contributed by atoms with Crippen LogP contribution in [0, 0.1) is 0 Å². The number of alkyl halides is 3. The van der Waals surface area contributed by atoms with Crippen LogP contribution in [0.3, 0.4) is 0 Å². The van der Waals surface area contributed by atoms with Crippen LogP contribution in [0.5, 0.6) is 0 Å². The molecule has 1 N–H and O–H groups in total. The number of halogens is 3. The molecule has 190 valence electrons. The molecular formula is C25H25F3N4O4. The van der Waals surface area contributed by atoms with E-state index in [4.69, 9.17) is 14.0 Å². The minimum atomic E-state index is -4.51. The largest absolute Gasteiger partial charge is 0.498 e. The summed E-state index contributed by atoms with van der Waals surface area (Å²) in [5, 5.41) is 5.89. The molecule has 0 saturated heterocycles. The number of aromatic nitrogens is 3. The second-order valence-electron chi connectivity index (χ2n) is 8.92. The second-order valence-corrected chi connectivity index (χ2v) is 8.92. The molecular weight excluding hydrogens is 477 g/mol. The third-order valence-electron chi connectivity index (χ3n) is 6.12. The average molecular weight is 502 g/mol. The summed E-state index contributed by atoms with van der Waals surface area (Å²) in [5.74, 6) is 0.0905. The molecule has 0 spiro atoms. The number of methoxy groups -OCH3 is 2. The van der Waals surface area contributed by atoms with Gasteiger partial charge in [-0.15, -0.1) is 0 Å². The summed E-state index contributed by atoms with van der Waals surface area (Å²) >= 11 is 0. The first kappa shape index (κ1) is 25.4. The number of pyridine rings is 2. The molecule has 4 rings (SSSR count). The number of hydrogen-bond donors (Lipinski definition) is 1. The summed E-state index contributed by atoms with van der Waals surface area (Å²) in [6, 6.07) is 6.56. The van der Waals surface area contributed by atoms with Crippen molar-refractivity contribution in [3.63, 3.8) is 0 Å². The molecule has 0 fully saturated rings. The highest BCUT2D eigenvalue weighted by Gasteiger charge is 2.50. The lowest BCUT2D eigenvalue weighted by Crippen LogP contribution is -2.36. The molecule has 3 aromatic rings. The number of carbonyl (C=O) groups excluding carboxylic acids is 1. The van der Waals surface area contributed by atoms with Gasteiger partial charge in [-0.3, -0.25) is 20.1 Å². The maximum atomic E-state index is 13.2. The van der Waals surface area contributed by atoms with Gasteiger partial charge in [-0.25, -0.2) is 0 Å². The van der Waals surface area contributed by atoms with Crippen molar-refractivity contribution in [2.45, 2.75) is 44.4 Å². The molecule has 11 heteroatoms. The Morgan fingerprint density at radius 3 is 2.58 bits per heavy atom. The fourth-order valence-corrected chi connectivity index (χ4v) is 3.70. The first-order chi connectivity index (χ1) is 17.0. The Morgan fingerprint density at radius 2 is 1.94 bits per heavy atom. The molecule has 0 aliphatic heterocycles.